The fraction of sp³-hybridized carbons (Fsp3) is 1.00. The zero-order valence-electron chi connectivity index (χ0n) is 21.2. The Kier molecular flexibility index (Phi) is 19.3. The van der Waals surface area contributed by atoms with Gasteiger partial charge in [-0.3, -0.25) is 9.80 Å². The summed E-state index contributed by atoms with van der Waals surface area (Å²) in [5.41, 5.74) is 0. The van der Waals surface area contributed by atoms with E-state index in [-0.39, 0.29) is 0 Å². The second-order valence-corrected chi connectivity index (χ2v) is 9.19. The van der Waals surface area contributed by atoms with Gasteiger partial charge in [0, 0.05) is 92.1 Å². The van der Waals surface area contributed by atoms with Crippen LogP contribution < -0.4 is 42.5 Å². The van der Waals surface area contributed by atoms with Crippen LogP contribution in [-0.4, -0.2) is 128 Å². The van der Waals surface area contributed by atoms with Crippen molar-refractivity contribution in [3.8, 4) is 0 Å². The Balaban J connectivity index is 1.59. The first-order chi connectivity index (χ1) is 16.4. The van der Waals surface area contributed by atoms with Gasteiger partial charge in [0.25, 0.3) is 0 Å². The van der Waals surface area contributed by atoms with Gasteiger partial charge in [-0.05, 0) is 51.9 Å². The van der Waals surface area contributed by atoms with Crippen LogP contribution in [0, 0.1) is 0 Å². The zero-order chi connectivity index (χ0) is 23.1. The molecule has 2 heterocycles. The van der Waals surface area contributed by atoms with E-state index < -0.39 is 0 Å². The molecular formula is C23H54N10. The van der Waals surface area contributed by atoms with Crippen LogP contribution in [0.25, 0.3) is 0 Å². The third kappa shape index (κ3) is 17.7. The van der Waals surface area contributed by atoms with Crippen LogP contribution >= 0.6 is 0 Å². The van der Waals surface area contributed by atoms with Crippen molar-refractivity contribution in [3.05, 3.63) is 0 Å². The molecule has 0 aliphatic carbocycles. The summed E-state index contributed by atoms with van der Waals surface area (Å²) < 4.78 is 0. The molecule has 10 heteroatoms. The highest BCUT2D eigenvalue weighted by Crippen LogP contribution is 2.00. The van der Waals surface area contributed by atoms with Crippen molar-refractivity contribution in [3.63, 3.8) is 0 Å². The molecule has 2 rings (SSSR count). The fourth-order valence-electron chi connectivity index (χ4n) is 4.11. The Bertz CT molecular complexity index is 351. The standard InChI is InChI=1S/C23H54N10/c1(2-18-32-20-28-14-10-24-6-4-7-25-11-15-29-21-32)3-19-33-22-30-16-12-26-8-5-9-27-13-17-31-23-33/h24-31H,1-23H2. The number of hydrogen-bond acceptors (Lipinski definition) is 10. The van der Waals surface area contributed by atoms with Crippen LogP contribution in [-0.2, 0) is 0 Å². The molecule has 0 aromatic rings. The lowest BCUT2D eigenvalue weighted by molar-refractivity contribution is 0.215. The quantitative estimate of drug-likeness (QED) is 0.210. The van der Waals surface area contributed by atoms with Gasteiger partial charge in [-0.25, -0.2) is 0 Å². The highest BCUT2D eigenvalue weighted by Gasteiger charge is 2.07. The maximum atomic E-state index is 3.60. The van der Waals surface area contributed by atoms with Crippen molar-refractivity contribution in [1.29, 1.82) is 0 Å². The molecule has 0 radical (unpaired) electrons. The molecule has 10 nitrogen and oxygen atoms in total. The van der Waals surface area contributed by atoms with Gasteiger partial charge in [-0.15, -0.1) is 0 Å². The van der Waals surface area contributed by atoms with Gasteiger partial charge in [0.1, 0.15) is 0 Å². The second kappa shape index (κ2) is 22.1. The van der Waals surface area contributed by atoms with E-state index in [1.807, 2.05) is 0 Å². The summed E-state index contributed by atoms with van der Waals surface area (Å²) in [7, 11) is 0. The van der Waals surface area contributed by atoms with Crippen LogP contribution in [0.4, 0.5) is 0 Å². The fourth-order valence-corrected chi connectivity index (χ4v) is 4.11. The van der Waals surface area contributed by atoms with E-state index >= 15 is 0 Å². The van der Waals surface area contributed by atoms with E-state index in [1.165, 1.54) is 32.1 Å². The molecule has 2 aliphatic rings. The molecule has 2 saturated heterocycles. The first-order valence-electron chi connectivity index (χ1n) is 13.6. The predicted molar refractivity (Wildman–Crippen MR) is 139 cm³/mol. The normalized spacial score (nSPS) is 24.0. The van der Waals surface area contributed by atoms with Crippen molar-refractivity contribution < 1.29 is 0 Å². The molecular weight excluding hydrogens is 416 g/mol. The summed E-state index contributed by atoms with van der Waals surface area (Å²) in [6.45, 7) is 18.9. The summed E-state index contributed by atoms with van der Waals surface area (Å²) >= 11 is 0. The minimum absolute atomic E-state index is 0.962. The summed E-state index contributed by atoms with van der Waals surface area (Å²) in [6.07, 6.45) is 6.18. The van der Waals surface area contributed by atoms with Crippen molar-refractivity contribution in [2.45, 2.75) is 32.1 Å². The van der Waals surface area contributed by atoms with Crippen molar-refractivity contribution in [2.24, 2.45) is 0 Å². The number of nitrogens with one attached hydrogen (secondary N) is 8. The maximum Gasteiger partial charge on any atom is 0.0492 e. The Morgan fingerprint density at radius 2 is 0.636 bits per heavy atom. The highest BCUT2D eigenvalue weighted by molar-refractivity contribution is 4.64. The minimum Gasteiger partial charge on any atom is -0.315 e. The maximum absolute atomic E-state index is 3.60. The highest BCUT2D eigenvalue weighted by atomic mass is 15.3. The van der Waals surface area contributed by atoms with Gasteiger partial charge in [-0.1, -0.05) is 6.42 Å². The van der Waals surface area contributed by atoms with Gasteiger partial charge < -0.3 is 42.5 Å². The molecule has 2 fully saturated rings. The average Bonchev–Trinajstić information content (AvgIpc) is 2.83. The van der Waals surface area contributed by atoms with Gasteiger partial charge in [0.15, 0.2) is 0 Å². The Labute approximate surface area is 203 Å². The monoisotopic (exact) mass is 470 g/mol. The van der Waals surface area contributed by atoms with Crippen LogP contribution in [0.1, 0.15) is 32.1 Å². The summed E-state index contributed by atoms with van der Waals surface area (Å²) in [4.78, 5) is 5.02. The molecule has 0 spiro atoms. The van der Waals surface area contributed by atoms with Crippen molar-refractivity contribution in [1.82, 2.24) is 52.3 Å². The van der Waals surface area contributed by atoms with Crippen molar-refractivity contribution in [2.75, 3.05) is 118 Å². The van der Waals surface area contributed by atoms with Gasteiger partial charge in [-0.2, -0.15) is 0 Å². The van der Waals surface area contributed by atoms with Crippen LogP contribution in [0.2, 0.25) is 0 Å². The number of hydrogen-bond donors (Lipinski definition) is 8. The topological polar surface area (TPSA) is 103 Å². The van der Waals surface area contributed by atoms with Gasteiger partial charge in [0.05, 0.1) is 0 Å². The van der Waals surface area contributed by atoms with E-state index in [4.69, 9.17) is 0 Å². The van der Waals surface area contributed by atoms with Crippen LogP contribution in [0.15, 0.2) is 0 Å². The second-order valence-electron chi connectivity index (χ2n) is 9.19. The van der Waals surface area contributed by atoms with Gasteiger partial charge >= 0.3 is 0 Å². The third-order valence-electron chi connectivity index (χ3n) is 6.12. The van der Waals surface area contributed by atoms with E-state index in [0.29, 0.717) is 0 Å². The Morgan fingerprint density at radius 1 is 0.333 bits per heavy atom. The Hall–Kier alpha value is -0.400. The minimum atomic E-state index is 0.962. The first kappa shape index (κ1) is 28.8. The number of rotatable bonds is 6. The summed E-state index contributed by atoms with van der Waals surface area (Å²) in [6, 6.07) is 0. The molecule has 0 saturated carbocycles. The molecule has 0 amide bonds. The smallest absolute Gasteiger partial charge is 0.0492 e. The zero-order valence-corrected chi connectivity index (χ0v) is 21.2. The molecule has 33 heavy (non-hydrogen) atoms. The largest absolute Gasteiger partial charge is 0.315 e. The Morgan fingerprint density at radius 3 is 0.970 bits per heavy atom. The first-order valence-corrected chi connectivity index (χ1v) is 13.6. The van der Waals surface area contributed by atoms with Crippen molar-refractivity contribution >= 4 is 0 Å². The van der Waals surface area contributed by atoms with Crippen LogP contribution in [0.5, 0.6) is 0 Å². The molecule has 0 atom stereocenters. The van der Waals surface area contributed by atoms with Gasteiger partial charge in [0.2, 0.25) is 0 Å². The summed E-state index contributed by atoms with van der Waals surface area (Å²) in [5, 5.41) is 28.4. The van der Waals surface area contributed by atoms with E-state index in [1.54, 1.807) is 0 Å². The molecule has 196 valence electrons. The lowest BCUT2D eigenvalue weighted by Gasteiger charge is -2.25. The lowest BCUT2D eigenvalue weighted by Crippen LogP contribution is -2.45. The third-order valence-corrected chi connectivity index (χ3v) is 6.12. The molecule has 8 N–H and O–H groups in total. The lowest BCUT2D eigenvalue weighted by atomic mass is 10.2. The van der Waals surface area contributed by atoms with E-state index in [2.05, 4.69) is 52.3 Å². The molecule has 0 unspecified atom stereocenters. The number of nitrogens with zero attached hydrogens (tertiary/aromatic N) is 2. The number of unbranched alkanes of at least 4 members (excludes halogenated alkanes) is 2. The molecule has 2 aliphatic heterocycles. The predicted octanol–water partition coefficient (Wildman–Crippen LogP) is -1.89. The SMILES string of the molecule is C(CCN1CNCCNCCCNCCNC1)CCN1CNCCNCCCNCCNC1. The van der Waals surface area contributed by atoms with E-state index in [9.17, 15) is 0 Å². The summed E-state index contributed by atoms with van der Waals surface area (Å²) in [5.74, 6) is 0. The molecule has 0 aromatic carbocycles. The average molecular weight is 471 g/mol. The van der Waals surface area contributed by atoms with E-state index in [0.717, 1.165) is 118 Å². The van der Waals surface area contributed by atoms with Crippen LogP contribution in [0.3, 0.4) is 0 Å². The molecule has 0 bridgehead atoms. The molecule has 0 aromatic heterocycles.